The van der Waals surface area contributed by atoms with Crippen LogP contribution < -0.4 is 15.6 Å². The van der Waals surface area contributed by atoms with Crippen molar-refractivity contribution < 1.29 is 13.2 Å². The molecule has 0 saturated carbocycles. The molecule has 168 valence electrons. The number of hydrogen-bond acceptors (Lipinski definition) is 5. The van der Waals surface area contributed by atoms with Crippen LogP contribution in [0.5, 0.6) is 0 Å². The third kappa shape index (κ3) is 5.43. The molecule has 10 heteroatoms. The molecule has 1 aromatic heterocycles. The Balaban J connectivity index is 1.57. The van der Waals surface area contributed by atoms with Gasteiger partial charge in [0.15, 0.2) is 0 Å². The number of benzene rings is 3. The van der Waals surface area contributed by atoms with Gasteiger partial charge in [-0.15, -0.1) is 4.83 Å². The number of pyridine rings is 1. The molecule has 3 N–H and O–H groups in total. The minimum absolute atomic E-state index is 0.154. The maximum atomic E-state index is 12.8. The normalized spacial score (nSPS) is 11.3. The van der Waals surface area contributed by atoms with Gasteiger partial charge in [0, 0.05) is 11.6 Å². The highest BCUT2D eigenvalue weighted by Crippen LogP contribution is 2.29. The molecule has 7 nitrogen and oxygen atoms in total. The summed E-state index contributed by atoms with van der Waals surface area (Å²) in [6.07, 6.45) is 1.51. The van der Waals surface area contributed by atoms with Gasteiger partial charge in [0.25, 0.3) is 5.91 Å². The van der Waals surface area contributed by atoms with Crippen LogP contribution in [0.1, 0.15) is 15.9 Å². The number of anilines is 2. The van der Waals surface area contributed by atoms with Crippen molar-refractivity contribution in [3.8, 4) is 0 Å². The molecule has 3 aromatic carbocycles. The molecule has 0 aliphatic rings. The number of para-hydroxylation sites is 1. The Kier molecular flexibility index (Phi) is 6.80. The summed E-state index contributed by atoms with van der Waals surface area (Å²) in [6, 6.07) is 20.4. The summed E-state index contributed by atoms with van der Waals surface area (Å²) < 4.78 is 24.9. The highest BCUT2D eigenvalue weighted by atomic mass is 35.5. The first-order valence-electron chi connectivity index (χ1n) is 9.76. The number of hydrazine groups is 1. The van der Waals surface area contributed by atoms with Crippen LogP contribution in [-0.4, -0.2) is 19.3 Å². The van der Waals surface area contributed by atoms with E-state index in [1.54, 1.807) is 66.7 Å². The zero-order valence-electron chi connectivity index (χ0n) is 17.0. The number of carbonyl (C=O) groups excluding carboxylic acids is 1. The van der Waals surface area contributed by atoms with E-state index in [1.807, 2.05) is 6.07 Å². The van der Waals surface area contributed by atoms with Crippen molar-refractivity contribution in [3.63, 3.8) is 0 Å². The fourth-order valence-electron chi connectivity index (χ4n) is 3.25. The van der Waals surface area contributed by atoms with Crippen LogP contribution in [0.25, 0.3) is 10.9 Å². The largest absolute Gasteiger partial charge is 0.320 e. The van der Waals surface area contributed by atoms with E-state index >= 15 is 0 Å². The summed E-state index contributed by atoms with van der Waals surface area (Å²) in [7, 11) is -3.66. The maximum Gasteiger partial charge on any atom is 0.258 e. The Morgan fingerprint density at radius 3 is 2.27 bits per heavy atom. The number of aromatic nitrogens is 1. The van der Waals surface area contributed by atoms with Gasteiger partial charge in [-0.25, -0.2) is 8.42 Å². The number of halogens is 2. The Bertz CT molecular complexity index is 1410. The van der Waals surface area contributed by atoms with Gasteiger partial charge >= 0.3 is 0 Å². The van der Waals surface area contributed by atoms with Crippen molar-refractivity contribution >= 4 is 61.4 Å². The van der Waals surface area contributed by atoms with Gasteiger partial charge in [-0.2, -0.15) is 0 Å². The van der Waals surface area contributed by atoms with E-state index < -0.39 is 15.9 Å². The third-order valence-corrected chi connectivity index (χ3v) is 6.51. The molecule has 0 saturated heterocycles. The summed E-state index contributed by atoms with van der Waals surface area (Å²) in [4.78, 5) is 19.5. The van der Waals surface area contributed by atoms with Gasteiger partial charge in [-0.1, -0.05) is 71.7 Å². The Labute approximate surface area is 200 Å². The van der Waals surface area contributed by atoms with Gasteiger partial charge in [-0.05, 0) is 29.8 Å². The number of carbonyl (C=O) groups is 1. The van der Waals surface area contributed by atoms with Crippen LogP contribution in [0.3, 0.4) is 0 Å². The zero-order valence-corrected chi connectivity index (χ0v) is 19.4. The minimum Gasteiger partial charge on any atom is -0.320 e. The first-order chi connectivity index (χ1) is 15.8. The SMILES string of the molecule is O=C(Nc1cccc2c(NNS(=O)(=O)Cc3ccccc3)ccnc12)c1c(Cl)cccc1Cl. The fourth-order valence-corrected chi connectivity index (χ4v) is 4.79. The van der Waals surface area contributed by atoms with Crippen LogP contribution in [0.15, 0.2) is 79.0 Å². The van der Waals surface area contributed by atoms with Gasteiger partial charge in [0.1, 0.15) is 0 Å². The van der Waals surface area contributed by atoms with Crippen molar-refractivity contribution in [3.05, 3.63) is 100 Å². The summed E-state index contributed by atoms with van der Waals surface area (Å²) in [5, 5.41) is 3.83. The fraction of sp³-hybridized carbons (Fsp3) is 0.0435. The number of nitrogens with zero attached hydrogens (tertiary/aromatic N) is 1. The van der Waals surface area contributed by atoms with Gasteiger partial charge in [0.05, 0.1) is 38.3 Å². The molecule has 0 radical (unpaired) electrons. The van der Waals surface area contributed by atoms with E-state index in [4.69, 9.17) is 23.2 Å². The van der Waals surface area contributed by atoms with Gasteiger partial charge < -0.3 is 10.7 Å². The second kappa shape index (κ2) is 9.76. The number of sulfonamides is 1. The van der Waals surface area contributed by atoms with E-state index in [9.17, 15) is 13.2 Å². The molecular weight excluding hydrogens is 483 g/mol. The zero-order chi connectivity index (χ0) is 23.4. The number of nitrogens with one attached hydrogen (secondary N) is 3. The molecule has 0 aliphatic carbocycles. The van der Waals surface area contributed by atoms with Crippen molar-refractivity contribution in [2.75, 3.05) is 10.7 Å². The van der Waals surface area contributed by atoms with E-state index in [0.29, 0.717) is 27.8 Å². The minimum atomic E-state index is -3.66. The van der Waals surface area contributed by atoms with Gasteiger partial charge in [-0.3, -0.25) is 9.78 Å². The summed E-state index contributed by atoms with van der Waals surface area (Å²) >= 11 is 12.3. The van der Waals surface area contributed by atoms with E-state index in [-0.39, 0.29) is 21.4 Å². The van der Waals surface area contributed by atoms with Crippen LogP contribution in [-0.2, 0) is 15.8 Å². The van der Waals surface area contributed by atoms with Crippen molar-refractivity contribution in [2.45, 2.75) is 5.75 Å². The average Bonchev–Trinajstić information content (AvgIpc) is 2.78. The average molecular weight is 501 g/mol. The first kappa shape index (κ1) is 23.0. The number of hydrogen-bond donors (Lipinski definition) is 3. The molecular formula is C23H18Cl2N4O3S. The number of fused-ring (bicyclic) bond motifs is 1. The number of amides is 1. The predicted molar refractivity (Wildman–Crippen MR) is 132 cm³/mol. The standard InChI is InChI=1S/C23H18Cl2N4O3S/c24-17-9-5-10-18(25)21(17)23(30)27-20-11-4-8-16-19(12-13-26-22(16)20)28-29-33(31,32)14-15-6-2-1-3-7-15/h1-13,29H,14H2,(H,26,28)(H,27,30). The van der Waals surface area contributed by atoms with Crippen molar-refractivity contribution in [1.82, 2.24) is 9.82 Å². The monoisotopic (exact) mass is 500 g/mol. The molecule has 4 rings (SSSR count). The topological polar surface area (TPSA) is 100 Å². The lowest BCUT2D eigenvalue weighted by Gasteiger charge is -2.14. The van der Waals surface area contributed by atoms with E-state index in [0.717, 1.165) is 0 Å². The molecule has 0 bridgehead atoms. The van der Waals surface area contributed by atoms with Crippen LogP contribution in [0.2, 0.25) is 10.0 Å². The maximum absolute atomic E-state index is 12.8. The number of rotatable bonds is 7. The van der Waals surface area contributed by atoms with E-state index in [1.165, 1.54) is 6.20 Å². The molecule has 33 heavy (non-hydrogen) atoms. The second-order valence-corrected chi connectivity index (χ2v) is 9.62. The lowest BCUT2D eigenvalue weighted by molar-refractivity contribution is 0.102. The first-order valence-corrected chi connectivity index (χ1v) is 12.2. The Morgan fingerprint density at radius 1 is 0.848 bits per heavy atom. The Morgan fingerprint density at radius 2 is 1.55 bits per heavy atom. The summed E-state index contributed by atoms with van der Waals surface area (Å²) in [5.74, 6) is -0.661. The third-order valence-electron chi connectivity index (χ3n) is 4.75. The highest BCUT2D eigenvalue weighted by Gasteiger charge is 2.17. The molecule has 0 unspecified atom stereocenters. The van der Waals surface area contributed by atoms with E-state index in [2.05, 4.69) is 20.6 Å². The van der Waals surface area contributed by atoms with Crippen LogP contribution in [0.4, 0.5) is 11.4 Å². The highest BCUT2D eigenvalue weighted by molar-refractivity contribution is 7.88. The molecule has 4 aromatic rings. The van der Waals surface area contributed by atoms with Crippen LogP contribution >= 0.6 is 23.2 Å². The smallest absolute Gasteiger partial charge is 0.258 e. The lowest BCUT2D eigenvalue weighted by atomic mass is 10.1. The molecule has 1 amide bonds. The van der Waals surface area contributed by atoms with Crippen molar-refractivity contribution in [2.24, 2.45) is 0 Å². The van der Waals surface area contributed by atoms with Crippen LogP contribution in [0, 0.1) is 0 Å². The lowest BCUT2D eigenvalue weighted by Crippen LogP contribution is -2.30. The molecule has 0 fully saturated rings. The molecule has 0 aliphatic heterocycles. The van der Waals surface area contributed by atoms with Gasteiger partial charge in [0.2, 0.25) is 10.0 Å². The predicted octanol–water partition coefficient (Wildman–Crippen LogP) is 5.24. The molecule has 1 heterocycles. The summed E-state index contributed by atoms with van der Waals surface area (Å²) in [5.41, 5.74) is 4.92. The quantitative estimate of drug-likeness (QED) is 0.301. The van der Waals surface area contributed by atoms with Crippen molar-refractivity contribution in [1.29, 1.82) is 0 Å². The Hall–Kier alpha value is -3.17. The second-order valence-electron chi connectivity index (χ2n) is 7.08. The molecule has 0 atom stereocenters. The summed E-state index contributed by atoms with van der Waals surface area (Å²) in [6.45, 7) is 0. The molecule has 0 spiro atoms.